The van der Waals surface area contributed by atoms with Gasteiger partial charge in [0, 0.05) is 19.0 Å². The van der Waals surface area contributed by atoms with Crippen LogP contribution in [0.25, 0.3) is 0 Å². The van der Waals surface area contributed by atoms with Crippen LogP contribution in [0.2, 0.25) is 0 Å². The van der Waals surface area contributed by atoms with Crippen LogP contribution in [0.5, 0.6) is 0 Å². The molecule has 1 atom stereocenters. The highest BCUT2D eigenvalue weighted by Gasteiger charge is 2.37. The number of carbonyl (C=O) groups is 1. The highest BCUT2D eigenvalue weighted by Crippen LogP contribution is 2.26. The highest BCUT2D eigenvalue weighted by atomic mass is 19.1. The number of amides is 1. The topological polar surface area (TPSA) is 74.8 Å². The van der Waals surface area contributed by atoms with E-state index in [-0.39, 0.29) is 5.92 Å². The van der Waals surface area contributed by atoms with Crippen molar-refractivity contribution in [3.05, 3.63) is 5.82 Å². The summed E-state index contributed by atoms with van der Waals surface area (Å²) in [4.78, 5) is 13.2. The van der Waals surface area contributed by atoms with Gasteiger partial charge < -0.3 is 4.90 Å². The molecular formula is C9H14FN5O. The van der Waals surface area contributed by atoms with Gasteiger partial charge in [-0.15, -0.1) is 10.2 Å². The van der Waals surface area contributed by atoms with Crippen molar-refractivity contribution in [2.45, 2.75) is 31.9 Å². The minimum absolute atomic E-state index is 0.0602. The first-order chi connectivity index (χ1) is 7.48. The molecule has 1 aliphatic heterocycles. The van der Waals surface area contributed by atoms with E-state index in [1.54, 1.807) is 0 Å². The summed E-state index contributed by atoms with van der Waals surface area (Å²) in [6, 6.07) is 0. The number of aromatic nitrogens is 4. The predicted molar refractivity (Wildman–Crippen MR) is 53.3 cm³/mol. The summed E-state index contributed by atoms with van der Waals surface area (Å²) in [5.74, 6) is 0.176. The van der Waals surface area contributed by atoms with Crippen LogP contribution in [0.4, 0.5) is 4.39 Å². The quantitative estimate of drug-likeness (QED) is 0.786. The Balaban J connectivity index is 2.01. The molecule has 0 bridgehead atoms. The van der Waals surface area contributed by atoms with Crippen molar-refractivity contribution in [1.82, 2.24) is 25.5 Å². The van der Waals surface area contributed by atoms with Crippen LogP contribution in [0.3, 0.4) is 0 Å². The number of hydrogen-bond donors (Lipinski definition) is 1. The average molecular weight is 227 g/mol. The summed E-state index contributed by atoms with van der Waals surface area (Å²) in [6.45, 7) is 3.56. The van der Waals surface area contributed by atoms with Crippen molar-refractivity contribution >= 4 is 5.91 Å². The lowest BCUT2D eigenvalue weighted by atomic mass is 10.1. The van der Waals surface area contributed by atoms with Gasteiger partial charge in [0.2, 0.25) is 0 Å². The second kappa shape index (κ2) is 3.80. The summed E-state index contributed by atoms with van der Waals surface area (Å²) in [7, 11) is 0. The fraction of sp³-hybridized carbons (Fsp3) is 0.778. The number of halogens is 1. The van der Waals surface area contributed by atoms with Gasteiger partial charge >= 0.3 is 0 Å². The van der Waals surface area contributed by atoms with E-state index in [4.69, 9.17) is 0 Å². The first kappa shape index (κ1) is 11.0. The van der Waals surface area contributed by atoms with E-state index >= 15 is 0 Å². The number of carbonyl (C=O) groups excluding carboxylic acids is 1. The third-order valence-corrected chi connectivity index (χ3v) is 2.71. The molecule has 0 aliphatic carbocycles. The molecule has 2 rings (SSSR count). The Morgan fingerprint density at radius 1 is 1.62 bits per heavy atom. The number of nitrogens with zero attached hydrogens (tertiary/aromatic N) is 4. The molecule has 1 amide bonds. The molecule has 1 aromatic rings. The maximum Gasteiger partial charge on any atom is 0.259 e. The summed E-state index contributed by atoms with van der Waals surface area (Å²) in [5.41, 5.74) is -1.81. The molecule has 1 N–H and O–H groups in total. The van der Waals surface area contributed by atoms with Gasteiger partial charge in [-0.1, -0.05) is 5.21 Å². The lowest BCUT2D eigenvalue weighted by Gasteiger charge is -2.22. The number of hydrogen-bond acceptors (Lipinski definition) is 4. The van der Waals surface area contributed by atoms with Gasteiger partial charge in [0.1, 0.15) is 0 Å². The van der Waals surface area contributed by atoms with E-state index in [2.05, 4.69) is 20.6 Å². The van der Waals surface area contributed by atoms with E-state index in [0.29, 0.717) is 18.9 Å². The van der Waals surface area contributed by atoms with E-state index in [1.165, 1.54) is 18.7 Å². The van der Waals surface area contributed by atoms with Gasteiger partial charge in [0.05, 0.1) is 0 Å². The molecule has 88 valence electrons. The van der Waals surface area contributed by atoms with Crippen LogP contribution in [0.15, 0.2) is 0 Å². The zero-order valence-corrected chi connectivity index (χ0v) is 9.27. The fourth-order valence-electron chi connectivity index (χ4n) is 1.87. The molecule has 1 aliphatic rings. The normalized spacial score (nSPS) is 21.4. The number of tetrazole rings is 1. The minimum Gasteiger partial charge on any atom is -0.339 e. The second-order valence-corrected chi connectivity index (χ2v) is 4.48. The number of H-pyrrole nitrogens is 1. The molecular weight excluding hydrogens is 213 g/mol. The maximum absolute atomic E-state index is 13.5. The first-order valence-corrected chi connectivity index (χ1v) is 5.20. The number of aromatic amines is 1. The number of alkyl halides is 1. The van der Waals surface area contributed by atoms with Crippen LogP contribution in [0, 0.1) is 0 Å². The molecule has 0 aromatic carbocycles. The first-order valence-electron chi connectivity index (χ1n) is 5.20. The Labute approximate surface area is 92.2 Å². The van der Waals surface area contributed by atoms with Gasteiger partial charge in [-0.3, -0.25) is 4.79 Å². The van der Waals surface area contributed by atoms with Gasteiger partial charge in [-0.2, -0.15) is 5.21 Å². The van der Waals surface area contributed by atoms with E-state index in [0.717, 1.165) is 6.42 Å². The Morgan fingerprint density at radius 2 is 2.38 bits per heavy atom. The fourth-order valence-corrected chi connectivity index (χ4v) is 1.87. The van der Waals surface area contributed by atoms with E-state index in [9.17, 15) is 9.18 Å². The van der Waals surface area contributed by atoms with Crippen molar-refractivity contribution in [2.24, 2.45) is 0 Å². The third-order valence-electron chi connectivity index (χ3n) is 2.71. The molecule has 2 heterocycles. The van der Waals surface area contributed by atoms with E-state index in [1.807, 2.05) is 0 Å². The van der Waals surface area contributed by atoms with Crippen LogP contribution < -0.4 is 0 Å². The third kappa shape index (κ3) is 2.02. The van der Waals surface area contributed by atoms with Gasteiger partial charge in [-0.05, 0) is 20.3 Å². The van der Waals surface area contributed by atoms with E-state index < -0.39 is 11.6 Å². The lowest BCUT2D eigenvalue weighted by molar-refractivity contribution is -0.140. The van der Waals surface area contributed by atoms with Gasteiger partial charge in [0.15, 0.2) is 11.5 Å². The zero-order chi connectivity index (χ0) is 11.8. The summed E-state index contributed by atoms with van der Waals surface area (Å²) in [5, 5.41) is 13.6. The number of nitrogens with one attached hydrogen (secondary N) is 1. The molecule has 16 heavy (non-hydrogen) atoms. The van der Waals surface area contributed by atoms with Crippen LogP contribution in [-0.2, 0) is 4.79 Å². The Kier molecular flexibility index (Phi) is 2.61. The molecule has 1 unspecified atom stereocenters. The van der Waals surface area contributed by atoms with Crippen LogP contribution in [0.1, 0.15) is 32.0 Å². The number of rotatable bonds is 2. The zero-order valence-electron chi connectivity index (χ0n) is 9.27. The Morgan fingerprint density at radius 3 is 2.94 bits per heavy atom. The molecule has 0 spiro atoms. The summed E-state index contributed by atoms with van der Waals surface area (Å²) in [6.07, 6.45) is 0.751. The monoisotopic (exact) mass is 227 g/mol. The molecule has 1 saturated heterocycles. The Hall–Kier alpha value is -1.53. The Bertz CT molecular complexity index is 372. The largest absolute Gasteiger partial charge is 0.339 e. The summed E-state index contributed by atoms with van der Waals surface area (Å²) >= 11 is 0. The molecule has 1 fully saturated rings. The van der Waals surface area contributed by atoms with Gasteiger partial charge in [0.25, 0.3) is 5.91 Å². The molecule has 1 aromatic heterocycles. The van der Waals surface area contributed by atoms with Crippen molar-refractivity contribution in [1.29, 1.82) is 0 Å². The maximum atomic E-state index is 13.5. The van der Waals surface area contributed by atoms with Crippen LogP contribution >= 0.6 is 0 Å². The number of likely N-dealkylation sites (tertiary alicyclic amines) is 1. The summed E-state index contributed by atoms with van der Waals surface area (Å²) < 4.78 is 13.5. The standard InChI is InChI=1S/C9H14FN5O/c1-9(2,10)8(16)15-4-3-6(5-15)7-11-13-14-12-7/h6H,3-5H2,1-2H3,(H,11,12,13,14). The SMILES string of the molecule is CC(C)(F)C(=O)N1CCC(c2nn[nH]n2)C1. The van der Waals surface area contributed by atoms with Crippen LogP contribution in [-0.4, -0.2) is 50.2 Å². The molecule has 0 saturated carbocycles. The predicted octanol–water partition coefficient (Wildman–Crippen LogP) is 0.264. The van der Waals surface area contributed by atoms with Crippen molar-refractivity contribution in [2.75, 3.05) is 13.1 Å². The van der Waals surface area contributed by atoms with Crippen molar-refractivity contribution in [3.8, 4) is 0 Å². The highest BCUT2D eigenvalue weighted by molar-refractivity contribution is 5.84. The van der Waals surface area contributed by atoms with Crippen molar-refractivity contribution < 1.29 is 9.18 Å². The lowest BCUT2D eigenvalue weighted by Crippen LogP contribution is -2.41. The molecule has 0 radical (unpaired) electrons. The van der Waals surface area contributed by atoms with Crippen molar-refractivity contribution in [3.63, 3.8) is 0 Å². The molecule has 6 nitrogen and oxygen atoms in total. The smallest absolute Gasteiger partial charge is 0.259 e. The second-order valence-electron chi connectivity index (χ2n) is 4.48. The minimum atomic E-state index is -1.81. The molecule has 7 heteroatoms. The average Bonchev–Trinajstić information content (AvgIpc) is 2.85. The van der Waals surface area contributed by atoms with Gasteiger partial charge in [-0.25, -0.2) is 4.39 Å².